The number of carboxylic acid groups (broad SMARTS) is 1. The van der Waals surface area contributed by atoms with Gasteiger partial charge in [-0.1, -0.05) is 38.2 Å². The van der Waals surface area contributed by atoms with Crippen molar-refractivity contribution in [3.8, 4) is 5.75 Å². The maximum Gasteiger partial charge on any atom is 0.336 e. The second-order valence-corrected chi connectivity index (χ2v) is 8.54. The van der Waals surface area contributed by atoms with Crippen molar-refractivity contribution in [1.29, 1.82) is 0 Å². The van der Waals surface area contributed by atoms with Gasteiger partial charge in [-0.25, -0.2) is 9.18 Å². The molecule has 1 N–H and O–H groups in total. The highest BCUT2D eigenvalue weighted by Gasteiger charge is 2.27. The molecule has 2 aromatic carbocycles. The van der Waals surface area contributed by atoms with Crippen LogP contribution in [0.4, 0.5) is 4.39 Å². The number of ether oxygens (including phenoxy) is 1. The second-order valence-electron chi connectivity index (χ2n) is 8.01. The summed E-state index contributed by atoms with van der Waals surface area (Å²) in [4.78, 5) is 26.0. The van der Waals surface area contributed by atoms with E-state index in [0.29, 0.717) is 23.0 Å². The lowest BCUT2D eigenvalue weighted by molar-refractivity contribution is -0.130. The van der Waals surface area contributed by atoms with Gasteiger partial charge in [-0.05, 0) is 48.2 Å². The first kappa shape index (κ1) is 22.1. The third-order valence-corrected chi connectivity index (χ3v) is 6.52. The van der Waals surface area contributed by atoms with Crippen LogP contribution >= 0.6 is 11.7 Å². The van der Waals surface area contributed by atoms with Gasteiger partial charge in [0, 0.05) is 11.1 Å². The Balaban J connectivity index is 1.84. The van der Waals surface area contributed by atoms with Gasteiger partial charge < -0.3 is 9.84 Å². The molecule has 1 heterocycles. The van der Waals surface area contributed by atoms with Gasteiger partial charge in [0.25, 0.3) is 0 Å². The average Bonchev–Trinajstić information content (AvgIpc) is 3.26. The molecular formula is C24H23FN2O4S. The van der Waals surface area contributed by atoms with E-state index < -0.39 is 17.6 Å². The Morgan fingerprint density at radius 2 is 1.78 bits per heavy atom. The maximum absolute atomic E-state index is 14.3. The number of hydrogen-bond donors (Lipinski definition) is 1. The van der Waals surface area contributed by atoms with Crippen molar-refractivity contribution in [3.63, 3.8) is 0 Å². The molecule has 4 rings (SSSR count). The average molecular weight is 455 g/mol. The molecule has 0 amide bonds. The summed E-state index contributed by atoms with van der Waals surface area (Å²) in [7, 11) is 1.35. The third-order valence-electron chi connectivity index (χ3n) is 5.96. The minimum Gasteiger partial charge on any atom is -0.494 e. The summed E-state index contributed by atoms with van der Waals surface area (Å²) in [5.74, 6) is -2.10. The van der Waals surface area contributed by atoms with Gasteiger partial charge in [-0.15, -0.1) is 0 Å². The van der Waals surface area contributed by atoms with Crippen molar-refractivity contribution in [2.75, 3.05) is 7.11 Å². The topological polar surface area (TPSA) is 89.4 Å². The number of Topliss-reactive ketones (excluding diaryl/α,β-unsaturated/α-hetero) is 1. The number of aromatic nitrogens is 2. The molecule has 1 saturated carbocycles. The number of methoxy groups -OCH3 is 1. The number of ketones is 1. The van der Waals surface area contributed by atoms with E-state index in [0.717, 1.165) is 49.9 Å². The number of nitrogens with zero attached hydrogens (tertiary/aromatic N) is 2. The lowest BCUT2D eigenvalue weighted by atomic mass is 9.80. The van der Waals surface area contributed by atoms with Crippen LogP contribution in [0.2, 0.25) is 0 Å². The Kier molecular flexibility index (Phi) is 6.60. The summed E-state index contributed by atoms with van der Waals surface area (Å²) >= 11 is 1.04. The number of aliphatic carboxylic acids is 1. The van der Waals surface area contributed by atoms with E-state index in [-0.39, 0.29) is 28.4 Å². The molecule has 0 spiro atoms. The van der Waals surface area contributed by atoms with E-state index in [9.17, 15) is 19.1 Å². The van der Waals surface area contributed by atoms with Gasteiger partial charge in [-0.2, -0.15) is 8.75 Å². The summed E-state index contributed by atoms with van der Waals surface area (Å²) in [6.07, 6.45) is 5.48. The van der Waals surface area contributed by atoms with Crippen LogP contribution in [0.3, 0.4) is 0 Å². The largest absolute Gasteiger partial charge is 0.494 e. The number of allylic oxidation sites excluding steroid dienone is 1. The highest BCUT2D eigenvalue weighted by atomic mass is 32.1. The molecule has 6 nitrogen and oxygen atoms in total. The standard InChI is InChI=1S/C24H23FN2O4S/c1-31-21-10-8-16(12-18(21)25)23(28)17(11-14-5-3-2-4-6-14)22(24(29)30)15-7-9-19-20(13-15)27-32-26-19/h7-10,12-14H,2-6,11H2,1H3,(H,29,30). The molecule has 166 valence electrons. The van der Waals surface area contributed by atoms with Crippen LogP contribution in [0.1, 0.15) is 54.4 Å². The molecule has 0 radical (unpaired) electrons. The summed E-state index contributed by atoms with van der Waals surface area (Å²) in [6, 6.07) is 8.95. The van der Waals surface area contributed by atoms with Crippen molar-refractivity contribution < 1.29 is 23.8 Å². The summed E-state index contributed by atoms with van der Waals surface area (Å²) < 4.78 is 27.6. The molecule has 32 heavy (non-hydrogen) atoms. The fraction of sp³-hybridized carbons (Fsp3) is 0.333. The zero-order valence-electron chi connectivity index (χ0n) is 17.6. The summed E-state index contributed by atoms with van der Waals surface area (Å²) in [5.41, 5.74) is 1.87. The monoisotopic (exact) mass is 454 g/mol. The van der Waals surface area contributed by atoms with Crippen LogP contribution in [-0.2, 0) is 4.79 Å². The van der Waals surface area contributed by atoms with E-state index in [4.69, 9.17) is 4.74 Å². The second kappa shape index (κ2) is 9.56. The SMILES string of the molecule is COc1ccc(C(=O)C(CC2CCCCC2)=C(C(=O)O)c2ccc3nsnc3c2)cc1F. The minimum atomic E-state index is -1.19. The van der Waals surface area contributed by atoms with E-state index in [1.807, 2.05) is 0 Å². The Morgan fingerprint density at radius 3 is 2.47 bits per heavy atom. The number of benzene rings is 2. The zero-order valence-corrected chi connectivity index (χ0v) is 18.5. The molecule has 1 aliphatic rings. The van der Waals surface area contributed by atoms with E-state index in [2.05, 4.69) is 8.75 Å². The lowest BCUT2D eigenvalue weighted by Crippen LogP contribution is -2.17. The molecule has 1 aromatic heterocycles. The molecular weight excluding hydrogens is 431 g/mol. The number of rotatable bonds is 7. The molecule has 0 unspecified atom stereocenters. The molecule has 1 aliphatic carbocycles. The molecule has 8 heteroatoms. The fourth-order valence-electron chi connectivity index (χ4n) is 4.33. The van der Waals surface area contributed by atoms with Crippen molar-refractivity contribution in [2.24, 2.45) is 5.92 Å². The molecule has 0 saturated heterocycles. The number of halogens is 1. The number of carboxylic acids is 1. The minimum absolute atomic E-state index is 0.0271. The molecule has 3 aromatic rings. The van der Waals surface area contributed by atoms with E-state index in [1.54, 1.807) is 18.2 Å². The normalized spacial score (nSPS) is 15.4. The predicted octanol–water partition coefficient (Wildman–Crippen LogP) is 5.53. The van der Waals surface area contributed by atoms with Gasteiger partial charge >= 0.3 is 5.97 Å². The van der Waals surface area contributed by atoms with Crippen molar-refractivity contribution in [3.05, 3.63) is 58.9 Å². The number of hydrogen-bond acceptors (Lipinski definition) is 6. The number of fused-ring (bicyclic) bond motifs is 1. The number of carbonyl (C=O) groups excluding carboxylic acids is 1. The predicted molar refractivity (Wildman–Crippen MR) is 120 cm³/mol. The fourth-order valence-corrected chi connectivity index (χ4v) is 4.85. The Bertz CT molecular complexity index is 1200. The first-order valence-corrected chi connectivity index (χ1v) is 11.3. The summed E-state index contributed by atoms with van der Waals surface area (Å²) in [6.45, 7) is 0. The van der Waals surface area contributed by atoms with Crippen molar-refractivity contribution >= 4 is 40.1 Å². The molecule has 1 fully saturated rings. The first-order valence-electron chi connectivity index (χ1n) is 10.5. The van der Waals surface area contributed by atoms with Gasteiger partial charge in [0.15, 0.2) is 17.3 Å². The Labute approximate surface area is 189 Å². The van der Waals surface area contributed by atoms with Gasteiger partial charge in [0.05, 0.1) is 24.4 Å². The maximum atomic E-state index is 14.3. The first-order chi connectivity index (χ1) is 15.5. The Morgan fingerprint density at radius 1 is 1.06 bits per heavy atom. The summed E-state index contributed by atoms with van der Waals surface area (Å²) in [5, 5.41) is 10.1. The van der Waals surface area contributed by atoms with E-state index in [1.165, 1.54) is 19.2 Å². The van der Waals surface area contributed by atoms with Crippen molar-refractivity contribution in [1.82, 2.24) is 8.75 Å². The van der Waals surface area contributed by atoms with E-state index >= 15 is 0 Å². The van der Waals surface area contributed by atoms with Gasteiger partial charge in [0.1, 0.15) is 11.0 Å². The Hall–Kier alpha value is -3.13. The quantitative estimate of drug-likeness (QED) is 0.373. The highest BCUT2D eigenvalue weighted by Crippen LogP contribution is 2.35. The van der Waals surface area contributed by atoms with Crippen LogP contribution in [0.5, 0.6) is 5.75 Å². The number of carbonyl (C=O) groups is 2. The molecule has 0 aliphatic heterocycles. The van der Waals surface area contributed by atoms with Crippen LogP contribution in [-0.4, -0.2) is 32.7 Å². The van der Waals surface area contributed by atoms with Crippen molar-refractivity contribution in [2.45, 2.75) is 38.5 Å². The molecule has 0 atom stereocenters. The molecule has 0 bridgehead atoms. The highest BCUT2D eigenvalue weighted by molar-refractivity contribution is 7.00. The zero-order chi connectivity index (χ0) is 22.7. The van der Waals surface area contributed by atoms with Crippen LogP contribution in [0.15, 0.2) is 42.0 Å². The van der Waals surface area contributed by atoms with Gasteiger partial charge in [-0.3, -0.25) is 4.79 Å². The smallest absolute Gasteiger partial charge is 0.336 e. The van der Waals surface area contributed by atoms with Crippen LogP contribution in [0, 0.1) is 11.7 Å². The lowest BCUT2D eigenvalue weighted by Gasteiger charge is -2.23. The van der Waals surface area contributed by atoms with Gasteiger partial charge in [0.2, 0.25) is 0 Å². The van der Waals surface area contributed by atoms with Crippen LogP contribution in [0.25, 0.3) is 16.6 Å². The third kappa shape index (κ3) is 4.55. The van der Waals surface area contributed by atoms with Crippen LogP contribution < -0.4 is 4.74 Å².